The summed E-state index contributed by atoms with van der Waals surface area (Å²) < 4.78 is 7.60. The first-order valence-corrected chi connectivity index (χ1v) is 8.82. The summed E-state index contributed by atoms with van der Waals surface area (Å²) in [6.07, 6.45) is 3.17. The monoisotopic (exact) mass is 336 g/mol. The second-order valence-electron chi connectivity index (χ2n) is 6.67. The first-order chi connectivity index (χ1) is 12.2. The molecule has 0 saturated carbocycles. The first-order valence-electron chi connectivity index (χ1n) is 8.82. The largest absolute Gasteiger partial charge is 0.460 e. The Morgan fingerprint density at radius 2 is 2.16 bits per heavy atom. The van der Waals surface area contributed by atoms with Crippen LogP contribution in [0.4, 0.5) is 0 Å². The molecule has 0 spiro atoms. The van der Waals surface area contributed by atoms with Gasteiger partial charge in [0, 0.05) is 37.9 Å². The highest BCUT2D eigenvalue weighted by atomic mass is 16.3. The predicted octanol–water partition coefficient (Wildman–Crippen LogP) is 2.97. The van der Waals surface area contributed by atoms with E-state index in [-0.39, 0.29) is 0 Å². The average molecular weight is 336 g/mol. The minimum Gasteiger partial charge on any atom is -0.460 e. The number of fused-ring (bicyclic) bond motifs is 1. The summed E-state index contributed by atoms with van der Waals surface area (Å²) >= 11 is 0. The Morgan fingerprint density at radius 1 is 1.28 bits per heavy atom. The second-order valence-corrected chi connectivity index (χ2v) is 6.67. The number of furan rings is 1. The minimum atomic E-state index is 0.357. The zero-order valence-corrected chi connectivity index (χ0v) is 14.7. The number of benzene rings is 1. The molecular formula is C20H24N4O. The smallest absolute Gasteiger partial charge is 0.154 e. The highest BCUT2D eigenvalue weighted by Crippen LogP contribution is 2.25. The van der Waals surface area contributed by atoms with Crippen LogP contribution in [0.3, 0.4) is 0 Å². The van der Waals surface area contributed by atoms with Gasteiger partial charge in [-0.05, 0) is 43.1 Å². The van der Waals surface area contributed by atoms with Gasteiger partial charge in [-0.1, -0.05) is 24.3 Å². The molecule has 5 nitrogen and oxygen atoms in total. The molecule has 2 N–H and O–H groups in total. The molecule has 0 saturated heterocycles. The summed E-state index contributed by atoms with van der Waals surface area (Å²) in [5, 5.41) is 11.8. The lowest BCUT2D eigenvalue weighted by atomic mass is 9.94. The third-order valence-electron chi connectivity index (χ3n) is 4.76. The van der Waals surface area contributed by atoms with Crippen LogP contribution in [0.2, 0.25) is 0 Å². The number of hydrogen-bond acceptors (Lipinski definition) is 4. The molecule has 1 aliphatic heterocycles. The Morgan fingerprint density at radius 3 is 3.00 bits per heavy atom. The zero-order chi connectivity index (χ0) is 17.2. The molecule has 1 unspecified atom stereocenters. The third kappa shape index (κ3) is 3.38. The molecule has 0 fully saturated rings. The van der Waals surface area contributed by atoms with Crippen LogP contribution in [0.5, 0.6) is 0 Å². The summed E-state index contributed by atoms with van der Waals surface area (Å²) in [5.74, 6) is 1.73. The van der Waals surface area contributed by atoms with Crippen LogP contribution in [0.15, 0.2) is 47.0 Å². The van der Waals surface area contributed by atoms with Crippen molar-refractivity contribution in [3.63, 3.8) is 0 Å². The highest BCUT2D eigenvalue weighted by Gasteiger charge is 2.19. The van der Waals surface area contributed by atoms with Crippen molar-refractivity contribution in [3.8, 4) is 11.5 Å². The Balaban J connectivity index is 1.45. The van der Waals surface area contributed by atoms with E-state index in [1.54, 1.807) is 0 Å². The number of nitrogens with zero attached hydrogens (tertiary/aromatic N) is 2. The molecule has 0 bridgehead atoms. The quantitative estimate of drug-likeness (QED) is 0.752. The van der Waals surface area contributed by atoms with Gasteiger partial charge >= 0.3 is 0 Å². The normalized spacial score (nSPS) is 16.8. The maximum Gasteiger partial charge on any atom is 0.154 e. The number of aryl methyl sites for hydroxylation is 2. The molecule has 25 heavy (non-hydrogen) atoms. The van der Waals surface area contributed by atoms with E-state index in [9.17, 15) is 0 Å². The number of hydrogen-bond donors (Lipinski definition) is 2. The zero-order valence-electron chi connectivity index (χ0n) is 14.7. The lowest BCUT2D eigenvalue weighted by molar-refractivity contribution is 0.468. The van der Waals surface area contributed by atoms with Crippen molar-refractivity contribution < 1.29 is 4.42 Å². The van der Waals surface area contributed by atoms with Crippen molar-refractivity contribution in [2.24, 2.45) is 7.05 Å². The SMILES string of the molecule is Cc1ccc(-c2nn(C)cc2CNCC2NCCc3ccccc32)o1. The minimum absolute atomic E-state index is 0.357. The standard InChI is InChI=1S/C20H24N4O/c1-14-7-8-19(25-14)20-16(13-24(2)23-20)11-21-12-18-17-6-4-3-5-15(17)9-10-22-18/h3-8,13,18,21-22H,9-12H2,1-2H3. The topological polar surface area (TPSA) is 55.0 Å². The molecule has 0 aliphatic carbocycles. The van der Waals surface area contributed by atoms with Gasteiger partial charge in [-0.25, -0.2) is 0 Å². The molecule has 2 aromatic heterocycles. The summed E-state index contributed by atoms with van der Waals surface area (Å²) in [4.78, 5) is 0. The van der Waals surface area contributed by atoms with E-state index in [0.29, 0.717) is 6.04 Å². The molecular weight excluding hydrogens is 312 g/mol. The Labute approximate surface area is 148 Å². The van der Waals surface area contributed by atoms with Gasteiger partial charge in [0.25, 0.3) is 0 Å². The molecule has 3 aromatic rings. The Bertz CT molecular complexity index is 864. The molecule has 130 valence electrons. The summed E-state index contributed by atoms with van der Waals surface area (Å²) in [7, 11) is 1.95. The van der Waals surface area contributed by atoms with Gasteiger partial charge in [0.15, 0.2) is 5.76 Å². The van der Waals surface area contributed by atoms with Crippen molar-refractivity contribution in [2.75, 3.05) is 13.1 Å². The summed E-state index contributed by atoms with van der Waals surface area (Å²) in [5.41, 5.74) is 4.94. The molecule has 4 rings (SSSR count). The number of aromatic nitrogens is 2. The summed E-state index contributed by atoms with van der Waals surface area (Å²) in [6.45, 7) is 4.65. The van der Waals surface area contributed by atoms with Gasteiger partial charge in [0.05, 0.1) is 0 Å². The molecule has 0 radical (unpaired) electrons. The fourth-order valence-electron chi connectivity index (χ4n) is 3.56. The van der Waals surface area contributed by atoms with Crippen LogP contribution in [0.1, 0.15) is 28.5 Å². The van der Waals surface area contributed by atoms with Crippen LogP contribution in [0, 0.1) is 6.92 Å². The van der Waals surface area contributed by atoms with Gasteiger partial charge in [-0.2, -0.15) is 5.10 Å². The average Bonchev–Trinajstić information content (AvgIpc) is 3.20. The van der Waals surface area contributed by atoms with Gasteiger partial charge in [0.1, 0.15) is 11.5 Å². The van der Waals surface area contributed by atoms with E-state index < -0.39 is 0 Å². The van der Waals surface area contributed by atoms with E-state index in [2.05, 4.69) is 46.2 Å². The van der Waals surface area contributed by atoms with Crippen LogP contribution < -0.4 is 10.6 Å². The molecule has 1 atom stereocenters. The predicted molar refractivity (Wildman–Crippen MR) is 98.2 cm³/mol. The van der Waals surface area contributed by atoms with Crippen LogP contribution in [-0.2, 0) is 20.0 Å². The molecule has 0 amide bonds. The van der Waals surface area contributed by atoms with E-state index in [4.69, 9.17) is 4.42 Å². The van der Waals surface area contributed by atoms with E-state index in [1.165, 1.54) is 11.1 Å². The van der Waals surface area contributed by atoms with E-state index >= 15 is 0 Å². The lowest BCUT2D eigenvalue weighted by Gasteiger charge is -2.27. The maximum atomic E-state index is 5.75. The maximum absolute atomic E-state index is 5.75. The molecule has 1 aliphatic rings. The van der Waals surface area contributed by atoms with Crippen molar-refractivity contribution in [3.05, 3.63) is 65.0 Å². The lowest BCUT2D eigenvalue weighted by Crippen LogP contribution is -2.36. The van der Waals surface area contributed by atoms with Crippen LogP contribution >= 0.6 is 0 Å². The van der Waals surface area contributed by atoms with Gasteiger partial charge in [-0.15, -0.1) is 0 Å². The van der Waals surface area contributed by atoms with Crippen molar-refractivity contribution in [2.45, 2.75) is 25.9 Å². The van der Waals surface area contributed by atoms with Crippen molar-refractivity contribution in [1.29, 1.82) is 0 Å². The van der Waals surface area contributed by atoms with E-state index in [1.807, 2.05) is 30.8 Å². The molecule has 1 aromatic carbocycles. The summed E-state index contributed by atoms with van der Waals surface area (Å²) in [6, 6.07) is 13.0. The van der Waals surface area contributed by atoms with Crippen molar-refractivity contribution >= 4 is 0 Å². The van der Waals surface area contributed by atoms with Crippen LogP contribution in [0.25, 0.3) is 11.5 Å². The molecule has 3 heterocycles. The van der Waals surface area contributed by atoms with Gasteiger partial charge in [0.2, 0.25) is 0 Å². The fourth-order valence-corrected chi connectivity index (χ4v) is 3.56. The Hall–Kier alpha value is -2.37. The van der Waals surface area contributed by atoms with E-state index in [0.717, 1.165) is 48.8 Å². The number of rotatable bonds is 5. The molecule has 5 heteroatoms. The van der Waals surface area contributed by atoms with Crippen molar-refractivity contribution in [1.82, 2.24) is 20.4 Å². The Kier molecular flexibility index (Phi) is 4.42. The second kappa shape index (κ2) is 6.86. The van der Waals surface area contributed by atoms with Crippen LogP contribution in [-0.4, -0.2) is 22.9 Å². The highest BCUT2D eigenvalue weighted by molar-refractivity contribution is 5.56. The van der Waals surface area contributed by atoms with Gasteiger partial charge < -0.3 is 15.1 Å². The number of nitrogens with one attached hydrogen (secondary N) is 2. The first kappa shape index (κ1) is 16.1. The third-order valence-corrected chi connectivity index (χ3v) is 4.76. The fraction of sp³-hybridized carbons (Fsp3) is 0.350. The van der Waals surface area contributed by atoms with Gasteiger partial charge in [-0.3, -0.25) is 4.68 Å².